The number of rotatable bonds is 7. The molecule has 1 aliphatic rings. The van der Waals surface area contributed by atoms with Crippen LogP contribution in [0.15, 0.2) is 42.5 Å². The third-order valence-corrected chi connectivity index (χ3v) is 4.31. The number of nitrogens with one attached hydrogen (secondary N) is 1. The van der Waals surface area contributed by atoms with E-state index in [2.05, 4.69) is 5.32 Å². The number of benzene rings is 2. The molecule has 5 nitrogen and oxygen atoms in total. The summed E-state index contributed by atoms with van der Waals surface area (Å²) in [5.41, 5.74) is 2.71. The van der Waals surface area contributed by atoms with E-state index < -0.39 is 0 Å². The minimum atomic E-state index is -0.223. The van der Waals surface area contributed by atoms with Crippen LogP contribution in [0, 0.1) is 13.8 Å². The average molecular weight is 355 g/mol. The van der Waals surface area contributed by atoms with Crippen LogP contribution in [0.2, 0.25) is 0 Å². The summed E-state index contributed by atoms with van der Waals surface area (Å²) in [6.07, 6.45) is 2.21. The normalized spacial score (nSPS) is 16.3. The van der Waals surface area contributed by atoms with Crippen LogP contribution >= 0.6 is 0 Å². The van der Waals surface area contributed by atoms with Gasteiger partial charge in [-0.1, -0.05) is 24.3 Å². The van der Waals surface area contributed by atoms with Crippen LogP contribution in [0.1, 0.15) is 24.0 Å². The zero-order valence-electron chi connectivity index (χ0n) is 15.3. The molecule has 2 aromatic carbocycles. The van der Waals surface area contributed by atoms with E-state index in [0.29, 0.717) is 23.8 Å². The second-order valence-corrected chi connectivity index (χ2v) is 6.55. The van der Waals surface area contributed by atoms with Crippen molar-refractivity contribution in [1.29, 1.82) is 0 Å². The van der Waals surface area contributed by atoms with Crippen molar-refractivity contribution >= 4 is 11.6 Å². The Labute approximate surface area is 154 Å². The van der Waals surface area contributed by atoms with Crippen LogP contribution < -0.4 is 14.8 Å². The summed E-state index contributed by atoms with van der Waals surface area (Å²) < 4.78 is 17.1. The Morgan fingerprint density at radius 3 is 2.77 bits per heavy atom. The smallest absolute Gasteiger partial charge is 0.262 e. The maximum atomic E-state index is 12.3. The topological polar surface area (TPSA) is 56.8 Å². The van der Waals surface area contributed by atoms with E-state index in [0.717, 1.165) is 30.6 Å². The number of aryl methyl sites for hydroxylation is 2. The summed E-state index contributed by atoms with van der Waals surface area (Å²) >= 11 is 0. The van der Waals surface area contributed by atoms with Crippen LogP contribution in [0.25, 0.3) is 0 Å². The summed E-state index contributed by atoms with van der Waals surface area (Å²) in [6, 6.07) is 13.3. The largest absolute Gasteiger partial charge is 0.489 e. The van der Waals surface area contributed by atoms with Gasteiger partial charge in [0.25, 0.3) is 5.91 Å². The first-order chi connectivity index (χ1) is 12.6. The van der Waals surface area contributed by atoms with E-state index in [9.17, 15) is 4.79 Å². The molecule has 1 aliphatic heterocycles. The van der Waals surface area contributed by atoms with Crippen LogP contribution in [-0.2, 0) is 9.53 Å². The van der Waals surface area contributed by atoms with Gasteiger partial charge in [0.15, 0.2) is 6.61 Å². The van der Waals surface area contributed by atoms with Crippen LogP contribution in [-0.4, -0.2) is 31.8 Å². The molecule has 0 radical (unpaired) electrons. The molecule has 2 aromatic rings. The van der Waals surface area contributed by atoms with Gasteiger partial charge >= 0.3 is 0 Å². The lowest BCUT2D eigenvalue weighted by molar-refractivity contribution is -0.118. The average Bonchev–Trinajstić information content (AvgIpc) is 3.15. The van der Waals surface area contributed by atoms with Gasteiger partial charge in [-0.25, -0.2) is 0 Å². The van der Waals surface area contributed by atoms with Crippen molar-refractivity contribution in [3.05, 3.63) is 53.6 Å². The second kappa shape index (κ2) is 8.72. The van der Waals surface area contributed by atoms with Crippen molar-refractivity contribution in [3.63, 3.8) is 0 Å². The Kier molecular flexibility index (Phi) is 6.12. The molecule has 1 unspecified atom stereocenters. The highest BCUT2D eigenvalue weighted by atomic mass is 16.5. The van der Waals surface area contributed by atoms with E-state index in [1.165, 1.54) is 0 Å². The lowest BCUT2D eigenvalue weighted by atomic mass is 10.2. The molecule has 5 heteroatoms. The number of amides is 1. The first-order valence-corrected chi connectivity index (χ1v) is 8.95. The van der Waals surface area contributed by atoms with Gasteiger partial charge in [0.05, 0.1) is 11.8 Å². The van der Waals surface area contributed by atoms with Crippen molar-refractivity contribution in [2.24, 2.45) is 0 Å². The first-order valence-electron chi connectivity index (χ1n) is 8.95. The number of anilines is 1. The van der Waals surface area contributed by atoms with E-state index in [1.807, 2.05) is 56.3 Å². The monoisotopic (exact) mass is 355 g/mol. The van der Waals surface area contributed by atoms with Crippen LogP contribution in [0.3, 0.4) is 0 Å². The molecule has 26 heavy (non-hydrogen) atoms. The van der Waals surface area contributed by atoms with Crippen LogP contribution in [0.4, 0.5) is 5.69 Å². The lowest BCUT2D eigenvalue weighted by Gasteiger charge is -2.16. The van der Waals surface area contributed by atoms with Crippen LogP contribution in [0.5, 0.6) is 11.5 Å². The predicted molar refractivity (Wildman–Crippen MR) is 101 cm³/mol. The Bertz CT molecular complexity index is 753. The summed E-state index contributed by atoms with van der Waals surface area (Å²) in [6.45, 7) is 5.17. The molecule has 0 aliphatic carbocycles. The van der Waals surface area contributed by atoms with Gasteiger partial charge in [-0.2, -0.15) is 0 Å². The minimum Gasteiger partial charge on any atom is -0.489 e. The molecule has 1 saturated heterocycles. The predicted octanol–water partition coefficient (Wildman–Crippen LogP) is 3.88. The zero-order chi connectivity index (χ0) is 18.4. The Morgan fingerprint density at radius 1 is 1.15 bits per heavy atom. The highest BCUT2D eigenvalue weighted by molar-refractivity contribution is 5.93. The molecule has 1 heterocycles. The molecule has 1 atom stereocenters. The zero-order valence-corrected chi connectivity index (χ0v) is 15.3. The van der Waals surface area contributed by atoms with Crippen molar-refractivity contribution in [2.75, 3.05) is 25.1 Å². The summed E-state index contributed by atoms with van der Waals surface area (Å²) in [7, 11) is 0. The molecule has 1 fully saturated rings. The Hall–Kier alpha value is -2.53. The van der Waals surface area contributed by atoms with Gasteiger partial charge in [0.2, 0.25) is 0 Å². The molecule has 3 rings (SSSR count). The molecular formula is C21H25NO4. The molecule has 138 valence electrons. The highest BCUT2D eigenvalue weighted by Crippen LogP contribution is 2.27. The molecule has 0 saturated carbocycles. The van der Waals surface area contributed by atoms with Gasteiger partial charge in [-0.05, 0) is 56.0 Å². The lowest BCUT2D eigenvalue weighted by Crippen LogP contribution is -2.22. The van der Waals surface area contributed by atoms with Crippen molar-refractivity contribution in [2.45, 2.75) is 32.8 Å². The molecule has 0 aromatic heterocycles. The van der Waals surface area contributed by atoms with Gasteiger partial charge in [-0.15, -0.1) is 0 Å². The van der Waals surface area contributed by atoms with Gasteiger partial charge in [0.1, 0.15) is 18.1 Å². The summed E-state index contributed by atoms with van der Waals surface area (Å²) in [4.78, 5) is 12.3. The number of hydrogen-bond donors (Lipinski definition) is 1. The number of hydrogen-bond acceptors (Lipinski definition) is 4. The second-order valence-electron chi connectivity index (χ2n) is 6.55. The Balaban J connectivity index is 1.59. The molecule has 0 bridgehead atoms. The van der Waals surface area contributed by atoms with Crippen molar-refractivity contribution in [3.8, 4) is 11.5 Å². The van der Waals surface area contributed by atoms with Gasteiger partial charge in [0, 0.05) is 6.61 Å². The fraction of sp³-hybridized carbons (Fsp3) is 0.381. The van der Waals surface area contributed by atoms with E-state index in [4.69, 9.17) is 14.2 Å². The summed E-state index contributed by atoms with van der Waals surface area (Å²) in [5, 5.41) is 2.87. The molecule has 1 N–H and O–H groups in total. The number of ether oxygens (including phenoxy) is 3. The minimum absolute atomic E-state index is 0.0517. The standard InChI is InChI=1S/C21H25NO4/c1-15-9-10-18(20(12-15)25-13-17-7-5-11-24-17)22-21(23)14-26-19-8-4-3-6-16(19)2/h3-4,6,8-10,12,17H,5,7,11,13-14H2,1-2H3,(H,22,23). The molecule has 1 amide bonds. The summed E-state index contributed by atoms with van der Waals surface area (Å²) in [5.74, 6) is 1.14. The molecule has 0 spiro atoms. The first kappa shape index (κ1) is 18.3. The number of carbonyl (C=O) groups excluding carboxylic acids is 1. The quantitative estimate of drug-likeness (QED) is 0.819. The Morgan fingerprint density at radius 2 is 2.00 bits per heavy atom. The SMILES string of the molecule is Cc1ccc(NC(=O)COc2ccccc2C)c(OCC2CCCO2)c1. The van der Waals surface area contributed by atoms with E-state index in [-0.39, 0.29) is 18.6 Å². The maximum Gasteiger partial charge on any atom is 0.262 e. The fourth-order valence-corrected chi connectivity index (χ4v) is 2.86. The maximum absolute atomic E-state index is 12.3. The number of carbonyl (C=O) groups is 1. The third kappa shape index (κ3) is 4.99. The van der Waals surface area contributed by atoms with Gasteiger partial charge < -0.3 is 19.5 Å². The van der Waals surface area contributed by atoms with Crippen molar-refractivity contribution in [1.82, 2.24) is 0 Å². The third-order valence-electron chi connectivity index (χ3n) is 4.31. The fourth-order valence-electron chi connectivity index (χ4n) is 2.86. The van der Waals surface area contributed by atoms with E-state index >= 15 is 0 Å². The van der Waals surface area contributed by atoms with Crippen molar-refractivity contribution < 1.29 is 19.0 Å². The van der Waals surface area contributed by atoms with Gasteiger partial charge in [-0.3, -0.25) is 4.79 Å². The molecular weight excluding hydrogens is 330 g/mol. The number of para-hydroxylation sites is 1. The van der Waals surface area contributed by atoms with E-state index in [1.54, 1.807) is 0 Å². The highest BCUT2D eigenvalue weighted by Gasteiger charge is 2.17.